The molecule has 0 heterocycles. The monoisotopic (exact) mass is 414 g/mol. The minimum absolute atomic E-state index is 0.0222. The van der Waals surface area contributed by atoms with E-state index >= 15 is 0 Å². The van der Waals surface area contributed by atoms with Crippen molar-refractivity contribution in [3.63, 3.8) is 0 Å². The van der Waals surface area contributed by atoms with Gasteiger partial charge in [-0.05, 0) is 56.3 Å². The van der Waals surface area contributed by atoms with Crippen molar-refractivity contribution in [1.29, 1.82) is 0 Å². The second-order valence-electron chi connectivity index (χ2n) is 9.61. The van der Waals surface area contributed by atoms with Crippen LogP contribution in [-0.4, -0.2) is 37.7 Å². The Morgan fingerprint density at radius 3 is 1.67 bits per heavy atom. The number of hydrogen-bond acceptors (Lipinski definition) is 6. The van der Waals surface area contributed by atoms with Gasteiger partial charge in [0.05, 0.1) is 17.3 Å². The molecule has 162 valence electrons. The average Bonchev–Trinajstić information content (AvgIpc) is 3.55. The fourth-order valence-electron chi connectivity index (χ4n) is 5.24. The SMILES string of the molecule is C=CC(=O)OCC(C)(COC(=O)C1CC2C=CC1C2)COC(=O)C1CC2C=CC1C2. The normalized spacial score (nSPS) is 34.6. The second-order valence-corrected chi connectivity index (χ2v) is 9.61. The van der Waals surface area contributed by atoms with E-state index < -0.39 is 11.4 Å². The molecule has 6 unspecified atom stereocenters. The van der Waals surface area contributed by atoms with Gasteiger partial charge in [-0.3, -0.25) is 9.59 Å². The first-order valence-corrected chi connectivity index (χ1v) is 10.9. The quantitative estimate of drug-likeness (QED) is 0.249. The molecule has 4 aliphatic rings. The van der Waals surface area contributed by atoms with Crippen molar-refractivity contribution < 1.29 is 28.6 Å². The van der Waals surface area contributed by atoms with Crippen molar-refractivity contribution in [1.82, 2.24) is 0 Å². The molecular formula is C24H30O6. The van der Waals surface area contributed by atoms with Crippen LogP contribution in [0.3, 0.4) is 0 Å². The van der Waals surface area contributed by atoms with Crippen LogP contribution in [0, 0.1) is 40.9 Å². The summed E-state index contributed by atoms with van der Waals surface area (Å²) in [5.74, 6) is 0.248. The molecule has 2 fully saturated rings. The highest BCUT2D eigenvalue weighted by Gasteiger charge is 2.43. The van der Waals surface area contributed by atoms with Gasteiger partial charge in [0.15, 0.2) is 0 Å². The fourth-order valence-corrected chi connectivity index (χ4v) is 5.24. The van der Waals surface area contributed by atoms with Crippen LogP contribution in [0.15, 0.2) is 37.0 Å². The van der Waals surface area contributed by atoms with E-state index in [1.165, 1.54) is 0 Å². The highest BCUT2D eigenvalue weighted by molar-refractivity contribution is 5.81. The Morgan fingerprint density at radius 2 is 1.30 bits per heavy atom. The minimum atomic E-state index is -0.815. The first-order valence-electron chi connectivity index (χ1n) is 10.9. The third-order valence-electron chi connectivity index (χ3n) is 7.02. The molecule has 0 aliphatic heterocycles. The molecule has 4 aliphatic carbocycles. The van der Waals surface area contributed by atoms with Crippen LogP contribution in [0.4, 0.5) is 0 Å². The van der Waals surface area contributed by atoms with Gasteiger partial charge in [0.2, 0.25) is 0 Å². The molecule has 0 amide bonds. The summed E-state index contributed by atoms with van der Waals surface area (Å²) >= 11 is 0. The highest BCUT2D eigenvalue weighted by Crippen LogP contribution is 2.45. The Kier molecular flexibility index (Phi) is 5.85. The van der Waals surface area contributed by atoms with Crippen LogP contribution >= 0.6 is 0 Å². The molecule has 2 saturated carbocycles. The van der Waals surface area contributed by atoms with Gasteiger partial charge in [0, 0.05) is 6.08 Å². The molecule has 0 aromatic carbocycles. The number of carbonyl (C=O) groups excluding carboxylic acids is 3. The predicted molar refractivity (Wildman–Crippen MR) is 109 cm³/mol. The number of carbonyl (C=O) groups is 3. The van der Waals surface area contributed by atoms with Crippen molar-refractivity contribution in [3.8, 4) is 0 Å². The van der Waals surface area contributed by atoms with Gasteiger partial charge in [-0.25, -0.2) is 4.79 Å². The van der Waals surface area contributed by atoms with Crippen LogP contribution in [0.5, 0.6) is 0 Å². The molecule has 6 heteroatoms. The maximum atomic E-state index is 12.6. The van der Waals surface area contributed by atoms with E-state index in [9.17, 15) is 14.4 Å². The summed E-state index contributed by atoms with van der Waals surface area (Å²) in [5.41, 5.74) is -0.815. The van der Waals surface area contributed by atoms with Crippen LogP contribution in [0.25, 0.3) is 0 Å². The lowest BCUT2D eigenvalue weighted by Gasteiger charge is -2.30. The molecule has 30 heavy (non-hydrogen) atoms. The zero-order chi connectivity index (χ0) is 21.3. The summed E-state index contributed by atoms with van der Waals surface area (Å²) in [6.07, 6.45) is 13.3. The summed E-state index contributed by atoms with van der Waals surface area (Å²) in [4.78, 5) is 36.8. The third-order valence-corrected chi connectivity index (χ3v) is 7.02. The lowest BCUT2D eigenvalue weighted by atomic mass is 9.91. The number of fused-ring (bicyclic) bond motifs is 4. The molecule has 0 spiro atoms. The van der Waals surface area contributed by atoms with Crippen molar-refractivity contribution in [2.75, 3.05) is 19.8 Å². The van der Waals surface area contributed by atoms with Gasteiger partial charge in [0.1, 0.15) is 19.8 Å². The predicted octanol–water partition coefficient (Wildman–Crippen LogP) is 3.23. The van der Waals surface area contributed by atoms with Crippen LogP contribution in [-0.2, 0) is 28.6 Å². The van der Waals surface area contributed by atoms with E-state index in [-0.39, 0.29) is 55.4 Å². The average molecular weight is 414 g/mol. The van der Waals surface area contributed by atoms with E-state index in [2.05, 4.69) is 30.9 Å². The summed E-state index contributed by atoms with van der Waals surface area (Å²) in [5, 5.41) is 0. The zero-order valence-corrected chi connectivity index (χ0v) is 17.5. The van der Waals surface area contributed by atoms with Crippen molar-refractivity contribution in [3.05, 3.63) is 37.0 Å². The second kappa shape index (κ2) is 8.40. The van der Waals surface area contributed by atoms with E-state index in [0.717, 1.165) is 31.8 Å². The van der Waals surface area contributed by atoms with E-state index in [0.29, 0.717) is 11.8 Å². The van der Waals surface area contributed by atoms with Crippen molar-refractivity contribution in [2.24, 2.45) is 40.9 Å². The van der Waals surface area contributed by atoms with Gasteiger partial charge in [-0.2, -0.15) is 0 Å². The maximum Gasteiger partial charge on any atom is 0.330 e. The molecule has 4 bridgehead atoms. The Bertz CT molecular complexity index is 731. The molecule has 4 rings (SSSR count). The van der Waals surface area contributed by atoms with Crippen molar-refractivity contribution in [2.45, 2.75) is 32.6 Å². The Balaban J connectivity index is 1.32. The molecule has 0 N–H and O–H groups in total. The summed E-state index contributed by atoms with van der Waals surface area (Å²) in [7, 11) is 0. The van der Waals surface area contributed by atoms with Gasteiger partial charge in [-0.15, -0.1) is 0 Å². The number of hydrogen-bond donors (Lipinski definition) is 0. The van der Waals surface area contributed by atoms with E-state index in [1.807, 2.05) is 0 Å². The van der Waals surface area contributed by atoms with Gasteiger partial charge in [0.25, 0.3) is 0 Å². The summed E-state index contributed by atoms with van der Waals surface area (Å²) in [6, 6.07) is 0. The van der Waals surface area contributed by atoms with Gasteiger partial charge < -0.3 is 14.2 Å². The smallest absolute Gasteiger partial charge is 0.330 e. The number of ether oxygens (including phenoxy) is 3. The topological polar surface area (TPSA) is 78.9 Å². The first kappa shape index (κ1) is 20.9. The lowest BCUT2D eigenvalue weighted by Crippen LogP contribution is -2.38. The Labute approximate surface area is 177 Å². The maximum absolute atomic E-state index is 12.6. The van der Waals surface area contributed by atoms with Gasteiger partial charge in [-0.1, -0.05) is 30.9 Å². The summed E-state index contributed by atoms with van der Waals surface area (Å²) < 4.78 is 16.5. The minimum Gasteiger partial charge on any atom is -0.465 e. The number of rotatable bonds is 9. The zero-order valence-electron chi connectivity index (χ0n) is 17.5. The standard InChI is InChI=1S/C24H30O6/c1-3-21(25)28-12-24(2,13-29-22(26)19-10-15-4-6-17(19)8-15)14-30-23(27)20-11-16-5-7-18(20)9-16/h3-7,15-20H,1,8-14H2,2H3. The van der Waals surface area contributed by atoms with E-state index in [1.54, 1.807) is 6.92 Å². The van der Waals surface area contributed by atoms with Gasteiger partial charge >= 0.3 is 17.9 Å². The molecular weight excluding hydrogens is 384 g/mol. The Hall–Kier alpha value is -2.37. The molecule has 0 radical (unpaired) electrons. The number of esters is 3. The molecule has 6 nitrogen and oxygen atoms in total. The van der Waals surface area contributed by atoms with Crippen molar-refractivity contribution >= 4 is 17.9 Å². The highest BCUT2D eigenvalue weighted by atomic mass is 16.6. The van der Waals surface area contributed by atoms with Crippen LogP contribution in [0.2, 0.25) is 0 Å². The summed E-state index contributed by atoms with van der Waals surface area (Å²) in [6.45, 7) is 5.23. The van der Waals surface area contributed by atoms with E-state index in [4.69, 9.17) is 14.2 Å². The third kappa shape index (κ3) is 4.37. The molecule has 0 saturated heterocycles. The fraction of sp³-hybridized carbons (Fsp3) is 0.625. The largest absolute Gasteiger partial charge is 0.465 e. The number of allylic oxidation sites excluding steroid dienone is 4. The van der Waals surface area contributed by atoms with Crippen LogP contribution < -0.4 is 0 Å². The first-order chi connectivity index (χ1) is 14.4. The molecule has 6 atom stereocenters. The Morgan fingerprint density at radius 1 is 0.833 bits per heavy atom. The van der Waals surface area contributed by atoms with Crippen LogP contribution in [0.1, 0.15) is 32.6 Å². The molecule has 0 aromatic heterocycles. The molecule has 0 aromatic rings. The lowest BCUT2D eigenvalue weighted by molar-refractivity contribution is -0.163.